The third kappa shape index (κ3) is 5.32. The van der Waals surface area contributed by atoms with Gasteiger partial charge in [-0.15, -0.1) is 0 Å². The van der Waals surface area contributed by atoms with Crippen LogP contribution in [0.2, 0.25) is 5.02 Å². The molecule has 0 atom stereocenters. The summed E-state index contributed by atoms with van der Waals surface area (Å²) >= 11 is 5.83. The van der Waals surface area contributed by atoms with Crippen LogP contribution in [0.25, 0.3) is 10.8 Å². The Morgan fingerprint density at radius 2 is 1.90 bits per heavy atom. The molecule has 0 heterocycles. The fourth-order valence-electron chi connectivity index (χ4n) is 2.83. The van der Waals surface area contributed by atoms with Gasteiger partial charge in [0.15, 0.2) is 6.61 Å². The van der Waals surface area contributed by atoms with Crippen LogP contribution in [0.15, 0.2) is 59.7 Å². The van der Waals surface area contributed by atoms with E-state index < -0.39 is 5.91 Å². The SMILES string of the molecule is CCN(C)C(=O)COc1ccc(C=NNC(=O)c2ccc(O)c(Cl)c2)c2ccccc12. The molecule has 160 valence electrons. The maximum absolute atomic E-state index is 12.2. The molecule has 0 unspecified atom stereocenters. The second kappa shape index (κ2) is 9.95. The highest BCUT2D eigenvalue weighted by molar-refractivity contribution is 6.32. The lowest BCUT2D eigenvalue weighted by molar-refractivity contribution is -0.131. The summed E-state index contributed by atoms with van der Waals surface area (Å²) in [7, 11) is 1.73. The van der Waals surface area contributed by atoms with E-state index in [2.05, 4.69) is 10.5 Å². The molecule has 8 heteroatoms. The molecule has 0 bridgehead atoms. The Morgan fingerprint density at radius 3 is 2.61 bits per heavy atom. The number of hydrogen-bond donors (Lipinski definition) is 2. The number of hydrazone groups is 1. The fourth-order valence-corrected chi connectivity index (χ4v) is 3.01. The molecule has 3 rings (SSSR count). The third-order valence-electron chi connectivity index (χ3n) is 4.75. The lowest BCUT2D eigenvalue weighted by Gasteiger charge is -2.16. The summed E-state index contributed by atoms with van der Waals surface area (Å²) in [4.78, 5) is 25.8. The van der Waals surface area contributed by atoms with Crippen molar-refractivity contribution in [1.82, 2.24) is 10.3 Å². The van der Waals surface area contributed by atoms with Crippen LogP contribution in [-0.4, -0.2) is 48.2 Å². The largest absolute Gasteiger partial charge is 0.506 e. The molecular formula is C23H22ClN3O4. The highest BCUT2D eigenvalue weighted by Crippen LogP contribution is 2.28. The van der Waals surface area contributed by atoms with Crippen LogP contribution in [0.5, 0.6) is 11.5 Å². The molecule has 0 radical (unpaired) electrons. The van der Waals surface area contributed by atoms with E-state index >= 15 is 0 Å². The molecule has 3 aromatic rings. The van der Waals surface area contributed by atoms with Gasteiger partial charge in [0.05, 0.1) is 11.2 Å². The minimum Gasteiger partial charge on any atom is -0.506 e. The summed E-state index contributed by atoms with van der Waals surface area (Å²) in [6.07, 6.45) is 1.53. The van der Waals surface area contributed by atoms with Crippen molar-refractivity contribution >= 4 is 40.4 Å². The van der Waals surface area contributed by atoms with E-state index in [1.54, 1.807) is 24.1 Å². The fraction of sp³-hybridized carbons (Fsp3) is 0.174. The Kier molecular flexibility index (Phi) is 7.10. The van der Waals surface area contributed by atoms with Crippen molar-refractivity contribution in [2.24, 2.45) is 5.10 Å². The van der Waals surface area contributed by atoms with Crippen molar-refractivity contribution in [2.45, 2.75) is 6.92 Å². The molecule has 3 aromatic carbocycles. The van der Waals surface area contributed by atoms with Crippen LogP contribution in [-0.2, 0) is 4.79 Å². The molecule has 31 heavy (non-hydrogen) atoms. The molecule has 0 spiro atoms. The van der Waals surface area contributed by atoms with Crippen molar-refractivity contribution < 1.29 is 19.4 Å². The lowest BCUT2D eigenvalue weighted by atomic mass is 10.0. The average Bonchev–Trinajstić information content (AvgIpc) is 2.79. The lowest BCUT2D eigenvalue weighted by Crippen LogP contribution is -2.31. The maximum Gasteiger partial charge on any atom is 0.271 e. The predicted molar refractivity (Wildman–Crippen MR) is 121 cm³/mol. The van der Waals surface area contributed by atoms with Gasteiger partial charge in [-0.1, -0.05) is 35.9 Å². The first-order valence-electron chi connectivity index (χ1n) is 9.61. The highest BCUT2D eigenvalue weighted by Gasteiger charge is 2.11. The van der Waals surface area contributed by atoms with Crippen LogP contribution in [0.4, 0.5) is 0 Å². The molecule has 0 aliphatic heterocycles. The second-order valence-corrected chi connectivity index (χ2v) is 7.17. The third-order valence-corrected chi connectivity index (χ3v) is 5.05. The van der Waals surface area contributed by atoms with Crippen molar-refractivity contribution in [1.29, 1.82) is 0 Å². The van der Waals surface area contributed by atoms with Gasteiger partial charge in [0.25, 0.3) is 11.8 Å². The summed E-state index contributed by atoms with van der Waals surface area (Å²) < 4.78 is 5.74. The first-order valence-corrected chi connectivity index (χ1v) is 9.99. The number of phenols is 1. The van der Waals surface area contributed by atoms with Crippen molar-refractivity contribution in [3.8, 4) is 11.5 Å². The van der Waals surface area contributed by atoms with E-state index in [9.17, 15) is 14.7 Å². The molecule has 2 amide bonds. The molecule has 2 N–H and O–H groups in total. The molecular weight excluding hydrogens is 418 g/mol. The predicted octanol–water partition coefficient (Wildman–Crippen LogP) is 3.82. The molecule has 7 nitrogen and oxygen atoms in total. The van der Waals surface area contributed by atoms with Gasteiger partial charge in [-0.05, 0) is 42.6 Å². The van der Waals surface area contributed by atoms with Crippen LogP contribution in [0.1, 0.15) is 22.8 Å². The van der Waals surface area contributed by atoms with Crippen LogP contribution < -0.4 is 10.2 Å². The summed E-state index contributed by atoms with van der Waals surface area (Å²) in [6, 6.07) is 15.3. The van der Waals surface area contributed by atoms with Gasteiger partial charge in [-0.3, -0.25) is 9.59 Å². The topological polar surface area (TPSA) is 91.2 Å². The molecule has 0 saturated carbocycles. The molecule has 0 aromatic heterocycles. The van der Waals surface area contributed by atoms with E-state index in [1.165, 1.54) is 24.4 Å². The Hall–Kier alpha value is -3.58. The zero-order valence-corrected chi connectivity index (χ0v) is 17.9. The molecule has 0 aliphatic carbocycles. The number of ether oxygens (including phenoxy) is 1. The summed E-state index contributed by atoms with van der Waals surface area (Å²) in [5.74, 6) is -0.0675. The van der Waals surface area contributed by atoms with Crippen LogP contribution in [0, 0.1) is 0 Å². The highest BCUT2D eigenvalue weighted by atomic mass is 35.5. The second-order valence-electron chi connectivity index (χ2n) is 6.76. The quantitative estimate of drug-likeness (QED) is 0.432. The number of benzene rings is 3. The van der Waals surface area contributed by atoms with Gasteiger partial charge >= 0.3 is 0 Å². The van der Waals surface area contributed by atoms with Crippen molar-refractivity contribution in [3.63, 3.8) is 0 Å². The Morgan fingerprint density at radius 1 is 1.16 bits per heavy atom. The number of carbonyl (C=O) groups is 2. The molecule has 0 fully saturated rings. The zero-order chi connectivity index (χ0) is 22.4. The van der Waals surface area contributed by atoms with E-state index in [4.69, 9.17) is 16.3 Å². The zero-order valence-electron chi connectivity index (χ0n) is 17.1. The summed E-state index contributed by atoms with van der Waals surface area (Å²) in [5.41, 5.74) is 3.48. The van der Waals surface area contributed by atoms with E-state index in [0.717, 1.165) is 16.3 Å². The first kappa shape index (κ1) is 22.1. The summed E-state index contributed by atoms with van der Waals surface area (Å²) in [5, 5.41) is 15.3. The number of likely N-dealkylation sites (N-methyl/N-ethyl adjacent to an activating group) is 1. The first-order chi connectivity index (χ1) is 14.9. The van der Waals surface area contributed by atoms with Crippen molar-refractivity contribution in [2.75, 3.05) is 20.2 Å². The van der Waals surface area contributed by atoms with Crippen LogP contribution in [0.3, 0.4) is 0 Å². The van der Waals surface area contributed by atoms with E-state index in [1.807, 2.05) is 31.2 Å². The normalized spacial score (nSPS) is 10.9. The van der Waals surface area contributed by atoms with Gasteiger partial charge in [-0.25, -0.2) is 5.43 Å². The van der Waals surface area contributed by atoms with Gasteiger partial charge < -0.3 is 14.7 Å². The Balaban J connectivity index is 1.76. The van der Waals surface area contributed by atoms with E-state index in [0.29, 0.717) is 12.3 Å². The number of fused-ring (bicyclic) bond motifs is 1. The standard InChI is InChI=1S/C23H22ClN3O4/c1-3-27(2)22(29)14-31-21-11-9-16(17-6-4-5-7-18(17)21)13-25-26-23(30)15-8-10-20(28)19(24)12-15/h4-13,28H,3,14H2,1-2H3,(H,26,30). The minimum atomic E-state index is -0.457. The van der Waals surface area contributed by atoms with Gasteiger partial charge in [0, 0.05) is 30.1 Å². The number of amides is 2. The Labute approximate surface area is 184 Å². The van der Waals surface area contributed by atoms with Gasteiger partial charge in [0.1, 0.15) is 11.5 Å². The molecule has 0 saturated heterocycles. The number of carbonyl (C=O) groups excluding carboxylic acids is 2. The Bertz CT molecular complexity index is 1150. The van der Waals surface area contributed by atoms with E-state index in [-0.39, 0.29) is 28.8 Å². The number of aromatic hydroxyl groups is 1. The van der Waals surface area contributed by atoms with Gasteiger partial charge in [-0.2, -0.15) is 5.10 Å². The van der Waals surface area contributed by atoms with Crippen LogP contribution >= 0.6 is 11.6 Å². The maximum atomic E-state index is 12.2. The number of hydrogen-bond acceptors (Lipinski definition) is 5. The number of halogens is 1. The monoisotopic (exact) mass is 439 g/mol. The molecule has 0 aliphatic rings. The number of phenolic OH excluding ortho intramolecular Hbond substituents is 1. The minimum absolute atomic E-state index is 0.0486. The number of nitrogens with one attached hydrogen (secondary N) is 1. The smallest absolute Gasteiger partial charge is 0.271 e. The number of nitrogens with zero attached hydrogens (tertiary/aromatic N) is 2. The summed E-state index contributed by atoms with van der Waals surface area (Å²) in [6.45, 7) is 2.46. The number of rotatable bonds is 7. The van der Waals surface area contributed by atoms with Crippen molar-refractivity contribution in [3.05, 3.63) is 70.7 Å². The van der Waals surface area contributed by atoms with Gasteiger partial charge in [0.2, 0.25) is 0 Å². The average molecular weight is 440 g/mol.